The van der Waals surface area contributed by atoms with E-state index in [2.05, 4.69) is 9.72 Å². The van der Waals surface area contributed by atoms with E-state index < -0.39 is 6.36 Å². The Morgan fingerprint density at radius 3 is 2.04 bits per heavy atom. The quantitative estimate of drug-likeness (QED) is 0.135. The van der Waals surface area contributed by atoms with Gasteiger partial charge in [-0.3, -0.25) is 0 Å². The molecule has 48 heavy (non-hydrogen) atoms. The maximum atomic E-state index is 13.3. The molecule has 242 valence electrons. The van der Waals surface area contributed by atoms with Crippen LogP contribution in [0.4, 0.5) is 13.2 Å². The summed E-state index contributed by atoms with van der Waals surface area (Å²) in [5.41, 5.74) is 6.42. The largest absolute Gasteiger partial charge is 0.573 e. The molecule has 0 aliphatic carbocycles. The van der Waals surface area contributed by atoms with Crippen molar-refractivity contribution < 1.29 is 27.4 Å². The number of halogens is 3. The number of hydrogen-bond acceptors (Lipinski definition) is 8. The molecular formula is C36H27F3N4O3S2. The summed E-state index contributed by atoms with van der Waals surface area (Å²) in [5, 5.41) is 6.28. The van der Waals surface area contributed by atoms with Gasteiger partial charge in [0, 0.05) is 56.2 Å². The van der Waals surface area contributed by atoms with Gasteiger partial charge < -0.3 is 18.8 Å². The minimum Gasteiger partial charge on any atom is -0.481 e. The predicted molar refractivity (Wildman–Crippen MR) is 181 cm³/mol. The highest BCUT2D eigenvalue weighted by Crippen LogP contribution is 2.39. The number of alkyl halides is 3. The number of aromatic nitrogens is 4. The first-order chi connectivity index (χ1) is 23.3. The van der Waals surface area contributed by atoms with Gasteiger partial charge in [-0.05, 0) is 24.3 Å². The fraction of sp³-hybridized carbons (Fsp3) is 0.139. The normalized spacial score (nSPS) is 11.7. The number of methoxy groups -OCH3 is 1. The van der Waals surface area contributed by atoms with E-state index in [1.54, 1.807) is 18.3 Å². The Morgan fingerprint density at radius 1 is 0.750 bits per heavy atom. The van der Waals surface area contributed by atoms with Crippen molar-refractivity contribution >= 4 is 33.6 Å². The lowest BCUT2D eigenvalue weighted by molar-refractivity contribution is -0.274. The lowest BCUT2D eigenvalue weighted by atomic mass is 10.0. The zero-order valence-electron chi connectivity index (χ0n) is 25.5. The van der Waals surface area contributed by atoms with Crippen LogP contribution in [0, 0.1) is 0 Å². The van der Waals surface area contributed by atoms with Crippen LogP contribution in [0.15, 0.2) is 108 Å². The van der Waals surface area contributed by atoms with Crippen LogP contribution >= 0.6 is 22.7 Å². The third-order valence-electron chi connectivity index (χ3n) is 7.56. The molecular weight excluding hydrogens is 658 g/mol. The van der Waals surface area contributed by atoms with Crippen molar-refractivity contribution in [1.29, 1.82) is 0 Å². The van der Waals surface area contributed by atoms with Crippen molar-refractivity contribution in [3.05, 3.63) is 125 Å². The van der Waals surface area contributed by atoms with Gasteiger partial charge in [0.2, 0.25) is 5.88 Å². The molecule has 3 aromatic carbocycles. The zero-order valence-corrected chi connectivity index (χ0v) is 27.1. The summed E-state index contributed by atoms with van der Waals surface area (Å²) in [5.74, 6) is 0.0910. The Kier molecular flexibility index (Phi) is 8.94. The van der Waals surface area contributed by atoms with Crippen molar-refractivity contribution in [3.63, 3.8) is 0 Å². The molecule has 4 aromatic heterocycles. The van der Waals surface area contributed by atoms with E-state index in [1.165, 1.54) is 41.9 Å². The first-order valence-electron chi connectivity index (χ1n) is 14.8. The molecule has 0 aliphatic rings. The summed E-state index contributed by atoms with van der Waals surface area (Å²) in [4.78, 5) is 14.0. The van der Waals surface area contributed by atoms with Crippen LogP contribution in [-0.4, -0.2) is 33.0 Å². The Hall–Kier alpha value is -5.04. The minimum atomic E-state index is -4.84. The van der Waals surface area contributed by atoms with Gasteiger partial charge in [-0.15, -0.1) is 35.8 Å². The second-order valence-electron chi connectivity index (χ2n) is 10.7. The van der Waals surface area contributed by atoms with Gasteiger partial charge in [0.25, 0.3) is 0 Å². The van der Waals surface area contributed by atoms with E-state index in [0.29, 0.717) is 34.5 Å². The van der Waals surface area contributed by atoms with Crippen molar-refractivity contribution in [2.75, 3.05) is 7.11 Å². The second kappa shape index (κ2) is 13.6. The molecule has 12 heteroatoms. The second-order valence-corrected chi connectivity index (χ2v) is 12.5. The van der Waals surface area contributed by atoms with Crippen molar-refractivity contribution in [2.45, 2.75) is 26.1 Å². The summed E-state index contributed by atoms with van der Waals surface area (Å²) in [6.45, 7) is 0.734. The summed E-state index contributed by atoms with van der Waals surface area (Å²) in [6, 6.07) is 27.7. The zero-order chi connectivity index (χ0) is 33.1. The van der Waals surface area contributed by atoms with Crippen LogP contribution in [0.2, 0.25) is 0 Å². The average Bonchev–Trinajstić information content (AvgIpc) is 3.84. The van der Waals surface area contributed by atoms with E-state index in [0.717, 1.165) is 38.2 Å². The SMILES string of the molecule is COc1ccc(-c2c(COCc3csc(-c4ccccc4)n3)n(Cc3csc(-c4ccccc4)n3)c3ccc(OC(F)(F)F)cc23)cn1. The molecule has 0 saturated heterocycles. The molecule has 0 spiro atoms. The summed E-state index contributed by atoms with van der Waals surface area (Å²) >= 11 is 3.07. The number of ether oxygens (including phenoxy) is 3. The monoisotopic (exact) mass is 684 g/mol. The molecule has 0 saturated carbocycles. The van der Waals surface area contributed by atoms with Crippen LogP contribution in [0.3, 0.4) is 0 Å². The summed E-state index contributed by atoms with van der Waals surface area (Å²) < 4.78 is 57.9. The Bertz CT molecular complexity index is 2150. The molecule has 0 unspecified atom stereocenters. The highest BCUT2D eigenvalue weighted by atomic mass is 32.1. The number of benzene rings is 3. The lowest BCUT2D eigenvalue weighted by Crippen LogP contribution is -2.17. The van der Waals surface area contributed by atoms with Crippen molar-refractivity contribution in [3.8, 4) is 43.9 Å². The molecule has 7 nitrogen and oxygen atoms in total. The molecule has 0 atom stereocenters. The maximum absolute atomic E-state index is 13.3. The Balaban J connectivity index is 1.29. The number of pyridine rings is 1. The van der Waals surface area contributed by atoms with Gasteiger partial charge in [0.1, 0.15) is 15.8 Å². The number of nitrogens with zero attached hydrogens (tertiary/aromatic N) is 4. The third kappa shape index (κ3) is 6.96. The fourth-order valence-electron chi connectivity index (χ4n) is 5.48. The lowest BCUT2D eigenvalue weighted by Gasteiger charge is -2.12. The number of thiazole rings is 2. The molecule has 7 aromatic rings. The predicted octanol–water partition coefficient (Wildman–Crippen LogP) is 9.62. The molecule has 4 heterocycles. The molecule has 0 bridgehead atoms. The van der Waals surface area contributed by atoms with Gasteiger partial charge >= 0.3 is 6.36 Å². The smallest absolute Gasteiger partial charge is 0.481 e. The van der Waals surface area contributed by atoms with Gasteiger partial charge in [-0.2, -0.15) is 0 Å². The topological polar surface area (TPSA) is 71.3 Å². The van der Waals surface area contributed by atoms with Crippen LogP contribution in [0.5, 0.6) is 11.6 Å². The van der Waals surface area contributed by atoms with E-state index in [-0.39, 0.29) is 19.0 Å². The Labute approximate surface area is 281 Å². The molecule has 0 radical (unpaired) electrons. The minimum absolute atomic E-state index is 0.138. The number of rotatable bonds is 11. The maximum Gasteiger partial charge on any atom is 0.573 e. The third-order valence-corrected chi connectivity index (χ3v) is 9.44. The average molecular weight is 685 g/mol. The molecule has 0 aliphatic heterocycles. The highest BCUT2D eigenvalue weighted by molar-refractivity contribution is 7.13. The van der Waals surface area contributed by atoms with E-state index in [4.69, 9.17) is 19.4 Å². The standard InChI is InChI=1S/C36H27F3N4O3S2/c1-44-32-15-12-25(17-40-32)33-29-16-28(46-36(37,38)39)13-14-30(29)43(18-26-21-47-34(41-26)23-8-4-2-5-9-23)31(33)20-45-19-27-22-48-35(42-27)24-10-6-3-7-11-24/h2-17,21-22H,18-20H2,1H3. The van der Waals surface area contributed by atoms with Crippen molar-refractivity contribution in [2.24, 2.45) is 0 Å². The van der Waals surface area contributed by atoms with Gasteiger partial charge in [0.15, 0.2) is 0 Å². The van der Waals surface area contributed by atoms with Crippen LogP contribution in [-0.2, 0) is 24.5 Å². The molecule has 0 fully saturated rings. The molecule has 7 rings (SSSR count). The molecule has 0 amide bonds. The summed E-state index contributed by atoms with van der Waals surface area (Å²) in [7, 11) is 1.52. The van der Waals surface area contributed by atoms with Gasteiger partial charge in [-0.1, -0.05) is 60.7 Å². The number of fused-ring (bicyclic) bond motifs is 1. The Morgan fingerprint density at radius 2 is 1.42 bits per heavy atom. The first kappa shape index (κ1) is 31.6. The van der Waals surface area contributed by atoms with E-state index >= 15 is 0 Å². The van der Waals surface area contributed by atoms with Crippen LogP contribution in [0.1, 0.15) is 17.1 Å². The van der Waals surface area contributed by atoms with E-state index in [9.17, 15) is 13.2 Å². The van der Waals surface area contributed by atoms with Crippen LogP contribution in [0.25, 0.3) is 43.2 Å². The van der Waals surface area contributed by atoms with Gasteiger partial charge in [-0.25, -0.2) is 15.0 Å². The first-order valence-corrected chi connectivity index (χ1v) is 16.6. The summed E-state index contributed by atoms with van der Waals surface area (Å²) in [6.07, 6.45) is -3.20. The molecule has 0 N–H and O–H groups in total. The highest BCUT2D eigenvalue weighted by Gasteiger charge is 2.32. The van der Waals surface area contributed by atoms with Gasteiger partial charge in [0.05, 0.1) is 44.0 Å². The van der Waals surface area contributed by atoms with Crippen molar-refractivity contribution in [1.82, 2.24) is 19.5 Å². The van der Waals surface area contributed by atoms with E-state index in [1.807, 2.05) is 82.1 Å². The fourth-order valence-corrected chi connectivity index (χ4v) is 7.11. The number of hydrogen-bond donors (Lipinski definition) is 0. The van der Waals surface area contributed by atoms with Crippen LogP contribution < -0.4 is 9.47 Å².